The van der Waals surface area contributed by atoms with E-state index >= 15 is 0 Å². The van der Waals surface area contributed by atoms with E-state index in [2.05, 4.69) is 77.4 Å². The van der Waals surface area contributed by atoms with Crippen LogP contribution in [0.5, 0.6) is 0 Å². The molecule has 0 bridgehead atoms. The SMILES string of the molecule is Br.BrP(Br)(Br)(Br)Br.N. The summed E-state index contributed by atoms with van der Waals surface area (Å²) in [5, 5.41) is 0. The Morgan fingerprint density at radius 3 is 0.750 bits per heavy atom. The first-order valence-corrected chi connectivity index (χ1v) is 13.2. The van der Waals surface area contributed by atoms with Crippen LogP contribution in [-0.2, 0) is 0 Å². The molecular formula is H4Br6NP. The maximum Gasteiger partial charge on any atom is -0.344 e. The summed E-state index contributed by atoms with van der Waals surface area (Å²) in [5.74, 6) is 0. The van der Waals surface area contributed by atoms with Gasteiger partial charge in [-0.1, -0.05) is 0 Å². The smallest absolute Gasteiger partial charge is 0.344 e. The van der Waals surface area contributed by atoms with Crippen molar-refractivity contribution >= 4 is 94.5 Å². The zero-order valence-electron chi connectivity index (χ0n) is 3.45. The van der Waals surface area contributed by atoms with Gasteiger partial charge in [0.25, 0.3) is 0 Å². The van der Waals surface area contributed by atoms with Crippen molar-refractivity contribution in [2.75, 3.05) is 0 Å². The molecule has 1 nitrogen and oxygen atoms in total. The third kappa shape index (κ3) is 59.3. The van der Waals surface area contributed by atoms with Crippen LogP contribution in [0.25, 0.3) is 0 Å². The van der Waals surface area contributed by atoms with E-state index in [-0.39, 0.29) is 23.1 Å². The van der Waals surface area contributed by atoms with Gasteiger partial charge in [-0.15, -0.1) is 17.0 Å². The second-order valence-corrected chi connectivity index (χ2v) is 51.7. The van der Waals surface area contributed by atoms with Crippen molar-refractivity contribution in [1.29, 1.82) is 0 Å². The van der Waals surface area contributed by atoms with Gasteiger partial charge in [-0.05, 0) is 0 Å². The van der Waals surface area contributed by atoms with Crippen molar-refractivity contribution in [3.8, 4) is 0 Å². The second kappa shape index (κ2) is 5.01. The molecule has 0 fully saturated rings. The van der Waals surface area contributed by atoms with Gasteiger partial charge < -0.3 is 6.15 Å². The van der Waals surface area contributed by atoms with Crippen molar-refractivity contribution in [2.24, 2.45) is 0 Å². The van der Waals surface area contributed by atoms with Crippen molar-refractivity contribution in [1.82, 2.24) is 6.15 Å². The van der Waals surface area contributed by atoms with Gasteiger partial charge in [0.05, 0.1) is 0 Å². The van der Waals surface area contributed by atoms with E-state index in [4.69, 9.17) is 0 Å². The summed E-state index contributed by atoms with van der Waals surface area (Å²) < 4.78 is -1.99. The van der Waals surface area contributed by atoms with E-state index in [1.807, 2.05) is 0 Å². The van der Waals surface area contributed by atoms with E-state index < -0.39 is 0.115 Å². The Hall–Kier alpha value is 3.27. The maximum atomic E-state index is 3.28. The minimum atomic E-state index is -1.99. The molecule has 0 aliphatic rings. The molecule has 0 aliphatic carbocycles. The molecule has 3 N–H and O–H groups in total. The molecule has 0 spiro atoms. The van der Waals surface area contributed by atoms with Gasteiger partial charge >= 0.3 is 77.6 Å². The van der Waals surface area contributed by atoms with Gasteiger partial charge in [0.15, 0.2) is 0 Å². The molecule has 8 heavy (non-hydrogen) atoms. The summed E-state index contributed by atoms with van der Waals surface area (Å²) >= 11 is 16.4. The van der Waals surface area contributed by atoms with Crippen LogP contribution in [0, 0.1) is 0 Å². The average molecular weight is 528 g/mol. The molecular weight excluding hydrogens is 524 g/mol. The molecule has 0 saturated carbocycles. The molecule has 8 heteroatoms. The fourth-order valence-electron chi connectivity index (χ4n) is 0. The van der Waals surface area contributed by atoms with Crippen LogP contribution < -0.4 is 6.15 Å². The molecule has 0 radical (unpaired) electrons. The summed E-state index contributed by atoms with van der Waals surface area (Å²) in [4.78, 5) is 0. The standard InChI is InChI=1S/Br5P.BrH.H3N/c1-6(2,3,4)5;;/h;1H;1H3. The fourth-order valence-corrected chi connectivity index (χ4v) is 0. The van der Waals surface area contributed by atoms with Gasteiger partial charge in [0.1, 0.15) is 0 Å². The molecule has 0 saturated heterocycles. The Balaban J connectivity index is -0.000000125. The van der Waals surface area contributed by atoms with Gasteiger partial charge in [-0.2, -0.15) is 0 Å². The zero-order valence-corrected chi connectivity index (χ0v) is 14.0. The monoisotopic (exact) mass is 523 g/mol. The van der Waals surface area contributed by atoms with E-state index in [1.54, 1.807) is 0 Å². The molecule has 0 aromatic heterocycles. The Morgan fingerprint density at radius 1 is 0.750 bits per heavy atom. The average Bonchev–Trinajstić information content (AvgIpc) is 0.650. The van der Waals surface area contributed by atoms with E-state index in [0.717, 1.165) is 0 Å². The number of hydrogen-bond donors (Lipinski definition) is 1. The van der Waals surface area contributed by atoms with Crippen LogP contribution >= 0.6 is 94.5 Å². The number of hydrogen-bond acceptors (Lipinski definition) is 1. The first kappa shape index (κ1) is 17.4. The fraction of sp³-hybridized carbons (Fsp3) is 0. The predicted octanol–water partition coefficient (Wildman–Crippen LogP) is 5.83. The third-order valence-corrected chi connectivity index (χ3v) is 0. The molecule has 0 aliphatic heterocycles. The van der Waals surface area contributed by atoms with Crippen molar-refractivity contribution in [2.45, 2.75) is 0 Å². The largest absolute Gasteiger partial charge is 0.344 e. The summed E-state index contributed by atoms with van der Waals surface area (Å²) in [6.45, 7) is 0. The van der Waals surface area contributed by atoms with Crippen LogP contribution in [-0.4, -0.2) is 0 Å². The molecule has 0 rings (SSSR count). The van der Waals surface area contributed by atoms with Gasteiger partial charge in [0, 0.05) is 0 Å². The third-order valence-electron chi connectivity index (χ3n) is 0. The van der Waals surface area contributed by atoms with Crippen LogP contribution in [0.3, 0.4) is 0 Å². The first-order valence-electron chi connectivity index (χ1n) is 0.845. The quantitative estimate of drug-likeness (QED) is 0.395. The summed E-state index contributed by atoms with van der Waals surface area (Å²) in [6.07, 6.45) is 0. The van der Waals surface area contributed by atoms with Gasteiger partial charge in [-0.25, -0.2) is 0 Å². The van der Waals surface area contributed by atoms with Crippen molar-refractivity contribution < 1.29 is 0 Å². The van der Waals surface area contributed by atoms with E-state index in [1.165, 1.54) is 0 Å². The van der Waals surface area contributed by atoms with Crippen LogP contribution in [0.1, 0.15) is 0 Å². The molecule has 0 atom stereocenters. The van der Waals surface area contributed by atoms with Gasteiger partial charge in [0.2, 0.25) is 0 Å². The summed E-state index contributed by atoms with van der Waals surface area (Å²) in [5.41, 5.74) is 0. The zero-order chi connectivity index (χ0) is 5.45. The molecule has 0 unspecified atom stereocenters. The molecule has 0 heterocycles. The number of rotatable bonds is 0. The molecule has 0 aromatic carbocycles. The first-order chi connectivity index (χ1) is 2.24. The van der Waals surface area contributed by atoms with Crippen molar-refractivity contribution in [3.63, 3.8) is 0 Å². The van der Waals surface area contributed by atoms with Crippen LogP contribution in [0.4, 0.5) is 0 Å². The minimum Gasteiger partial charge on any atom is -0.344 e. The van der Waals surface area contributed by atoms with Crippen molar-refractivity contribution in [3.05, 3.63) is 0 Å². The predicted molar refractivity (Wildman–Crippen MR) is 66.9 cm³/mol. The van der Waals surface area contributed by atoms with E-state index in [9.17, 15) is 0 Å². The van der Waals surface area contributed by atoms with Gasteiger partial charge in [-0.3, -0.25) is 0 Å². The minimum absolute atomic E-state index is 0. The summed E-state index contributed by atoms with van der Waals surface area (Å²) in [6, 6.07) is 0. The summed E-state index contributed by atoms with van der Waals surface area (Å²) in [7, 11) is 0. The molecule has 56 valence electrons. The topological polar surface area (TPSA) is 35.0 Å². The normalized spacial score (nSPS) is 14.4. The second-order valence-electron chi connectivity index (χ2n) is 0.639. The Bertz CT molecular complexity index is 41.7. The maximum absolute atomic E-state index is 3.28. The molecule has 0 aromatic rings. The Kier molecular flexibility index (Phi) is 10.9. The van der Waals surface area contributed by atoms with Crippen LogP contribution in [0.2, 0.25) is 0 Å². The Morgan fingerprint density at radius 2 is 0.750 bits per heavy atom. The van der Waals surface area contributed by atoms with Crippen LogP contribution in [0.15, 0.2) is 0 Å². The Labute approximate surface area is 99.1 Å². The van der Waals surface area contributed by atoms with E-state index in [0.29, 0.717) is 0 Å². The number of halogens is 6. The molecule has 0 amide bonds.